The van der Waals surface area contributed by atoms with Crippen LogP contribution in [0.5, 0.6) is 0 Å². The second-order valence-corrected chi connectivity index (χ2v) is 8.55. The summed E-state index contributed by atoms with van der Waals surface area (Å²) in [5, 5.41) is 13.2. The molecule has 4 heterocycles. The van der Waals surface area contributed by atoms with Gasteiger partial charge in [-0.1, -0.05) is 41.2 Å². The zero-order valence-electron chi connectivity index (χ0n) is 17.4. The van der Waals surface area contributed by atoms with E-state index in [4.69, 9.17) is 10.7 Å². The summed E-state index contributed by atoms with van der Waals surface area (Å²) in [7, 11) is 0. The van der Waals surface area contributed by atoms with Crippen LogP contribution in [-0.2, 0) is 0 Å². The molecule has 0 saturated carbocycles. The summed E-state index contributed by atoms with van der Waals surface area (Å²) in [6, 6.07) is 17.9. The molecule has 8 nitrogen and oxygen atoms in total. The van der Waals surface area contributed by atoms with Crippen molar-refractivity contribution < 1.29 is 0 Å². The number of nitrogen functional groups attached to an aromatic ring is 1. The topological polar surface area (TPSA) is 98.2 Å². The molecule has 6 rings (SSSR count). The summed E-state index contributed by atoms with van der Waals surface area (Å²) in [5.41, 5.74) is 13.2. The van der Waals surface area contributed by atoms with Crippen molar-refractivity contribution in [2.24, 2.45) is 10.2 Å². The van der Waals surface area contributed by atoms with E-state index in [1.54, 1.807) is 22.0 Å². The van der Waals surface area contributed by atoms with Crippen molar-refractivity contribution in [2.75, 3.05) is 5.73 Å². The number of anilines is 1. The lowest BCUT2D eigenvalue weighted by molar-refractivity contribution is 0.953. The van der Waals surface area contributed by atoms with Crippen LogP contribution in [0.3, 0.4) is 0 Å². The molecule has 0 atom stereocenters. The van der Waals surface area contributed by atoms with E-state index in [1.165, 1.54) is 0 Å². The number of aromatic nitrogens is 5. The van der Waals surface area contributed by atoms with Crippen molar-refractivity contribution in [3.05, 3.63) is 72.1 Å². The van der Waals surface area contributed by atoms with Gasteiger partial charge in [-0.05, 0) is 44.2 Å². The van der Waals surface area contributed by atoms with Crippen LogP contribution in [0, 0.1) is 13.8 Å². The van der Waals surface area contributed by atoms with Gasteiger partial charge in [-0.2, -0.15) is 5.11 Å². The van der Waals surface area contributed by atoms with E-state index >= 15 is 0 Å². The maximum atomic E-state index is 6.22. The van der Waals surface area contributed by atoms with Crippen LogP contribution in [-0.4, -0.2) is 24.0 Å². The zero-order valence-corrected chi connectivity index (χ0v) is 18.2. The molecule has 0 radical (unpaired) electrons. The number of thiazole rings is 1. The second-order valence-electron chi connectivity index (χ2n) is 7.57. The molecule has 156 valence electrons. The molecule has 4 aromatic heterocycles. The Morgan fingerprint density at radius 3 is 2.62 bits per heavy atom. The second kappa shape index (κ2) is 6.96. The third-order valence-electron chi connectivity index (χ3n) is 5.44. The molecular formula is C23H18N8S. The highest BCUT2D eigenvalue weighted by molar-refractivity contribution is 7.20. The lowest BCUT2D eigenvalue weighted by atomic mass is 10.2. The molecule has 0 aliphatic carbocycles. The van der Waals surface area contributed by atoms with E-state index in [1.807, 2.05) is 55.5 Å². The highest BCUT2D eigenvalue weighted by Gasteiger charge is 2.20. The first-order valence-electron chi connectivity index (χ1n) is 10.1. The highest BCUT2D eigenvalue weighted by atomic mass is 32.1. The van der Waals surface area contributed by atoms with Gasteiger partial charge in [-0.15, -0.1) is 10.2 Å². The number of azo groups is 1. The van der Waals surface area contributed by atoms with Gasteiger partial charge >= 0.3 is 0 Å². The summed E-state index contributed by atoms with van der Waals surface area (Å²) < 4.78 is 3.91. The van der Waals surface area contributed by atoms with Gasteiger partial charge in [-0.25, -0.2) is 14.5 Å². The molecule has 0 aliphatic rings. The van der Waals surface area contributed by atoms with E-state index in [0.717, 1.165) is 43.5 Å². The fraction of sp³-hybridized carbons (Fsp3) is 0.0870. The van der Waals surface area contributed by atoms with Crippen LogP contribution < -0.4 is 5.73 Å². The Bertz CT molecular complexity index is 1650. The van der Waals surface area contributed by atoms with E-state index in [9.17, 15) is 0 Å². The summed E-state index contributed by atoms with van der Waals surface area (Å²) in [5.74, 6) is 0.283. The van der Waals surface area contributed by atoms with Crippen LogP contribution in [0.25, 0.3) is 32.2 Å². The summed E-state index contributed by atoms with van der Waals surface area (Å²) in [6.07, 6.45) is 1.75. The fourth-order valence-corrected chi connectivity index (χ4v) is 4.99. The van der Waals surface area contributed by atoms with Gasteiger partial charge in [0.1, 0.15) is 0 Å². The quantitative estimate of drug-likeness (QED) is 0.349. The maximum Gasteiger partial charge on any atom is 0.195 e. The number of para-hydroxylation sites is 2. The Labute approximate surface area is 186 Å². The smallest absolute Gasteiger partial charge is 0.195 e. The van der Waals surface area contributed by atoms with Gasteiger partial charge in [0.15, 0.2) is 22.1 Å². The third-order valence-corrected chi connectivity index (χ3v) is 6.60. The number of imidazole rings is 1. The molecule has 6 aromatic rings. The molecule has 0 fully saturated rings. The van der Waals surface area contributed by atoms with Crippen molar-refractivity contribution >= 4 is 50.2 Å². The van der Waals surface area contributed by atoms with Crippen LogP contribution in [0.4, 0.5) is 17.2 Å². The first kappa shape index (κ1) is 18.6. The number of rotatable bonds is 3. The Kier molecular flexibility index (Phi) is 4.05. The molecule has 9 heteroatoms. The minimum atomic E-state index is 0.283. The average Bonchev–Trinajstić information content (AvgIpc) is 3.43. The van der Waals surface area contributed by atoms with E-state index in [-0.39, 0.29) is 5.82 Å². The van der Waals surface area contributed by atoms with Gasteiger partial charge < -0.3 is 5.73 Å². The molecule has 0 bridgehead atoms. The van der Waals surface area contributed by atoms with E-state index in [0.29, 0.717) is 11.3 Å². The van der Waals surface area contributed by atoms with Gasteiger partial charge in [0, 0.05) is 11.9 Å². The van der Waals surface area contributed by atoms with Crippen molar-refractivity contribution in [3.63, 3.8) is 0 Å². The number of aryl methyl sites for hydroxylation is 2. The Balaban J connectivity index is 1.50. The zero-order chi connectivity index (χ0) is 21.8. The minimum Gasteiger partial charge on any atom is -0.380 e. The van der Waals surface area contributed by atoms with Crippen molar-refractivity contribution in [3.8, 4) is 10.6 Å². The minimum absolute atomic E-state index is 0.283. The summed E-state index contributed by atoms with van der Waals surface area (Å²) >= 11 is 1.61. The predicted molar refractivity (Wildman–Crippen MR) is 127 cm³/mol. The lowest BCUT2D eigenvalue weighted by Crippen LogP contribution is -1.97. The SMILES string of the molecule is Cc1ccc(N=Nc2c(N)nn3c(-c4sc5nc6ccccc6n5c4C)ccnc23)cc1. The van der Waals surface area contributed by atoms with Crippen molar-refractivity contribution in [1.82, 2.24) is 24.0 Å². The normalized spacial score (nSPS) is 12.1. The predicted octanol–water partition coefficient (Wildman–Crippen LogP) is 5.87. The number of fused-ring (bicyclic) bond motifs is 4. The molecule has 0 amide bonds. The van der Waals surface area contributed by atoms with Gasteiger partial charge in [0.2, 0.25) is 0 Å². The largest absolute Gasteiger partial charge is 0.380 e. The Hall–Kier alpha value is -4.11. The number of nitrogens with zero attached hydrogens (tertiary/aromatic N) is 7. The maximum absolute atomic E-state index is 6.22. The van der Waals surface area contributed by atoms with E-state index < -0.39 is 0 Å². The fourth-order valence-electron chi connectivity index (χ4n) is 3.84. The number of benzene rings is 2. The van der Waals surface area contributed by atoms with Crippen LogP contribution in [0.2, 0.25) is 0 Å². The molecule has 0 aliphatic heterocycles. The number of hydrogen-bond donors (Lipinski definition) is 1. The van der Waals surface area contributed by atoms with Gasteiger partial charge in [0.05, 0.1) is 27.3 Å². The van der Waals surface area contributed by atoms with Gasteiger partial charge in [-0.3, -0.25) is 4.40 Å². The van der Waals surface area contributed by atoms with Gasteiger partial charge in [0.25, 0.3) is 0 Å². The molecule has 0 saturated heterocycles. The van der Waals surface area contributed by atoms with Crippen molar-refractivity contribution in [2.45, 2.75) is 13.8 Å². The number of nitrogens with two attached hydrogens (primary N) is 1. The molecule has 0 spiro atoms. The average molecular weight is 439 g/mol. The van der Waals surface area contributed by atoms with Crippen LogP contribution in [0.15, 0.2) is 71.0 Å². The molecule has 2 N–H and O–H groups in total. The molecule has 2 aromatic carbocycles. The van der Waals surface area contributed by atoms with Crippen molar-refractivity contribution in [1.29, 1.82) is 0 Å². The Morgan fingerprint density at radius 1 is 0.969 bits per heavy atom. The lowest BCUT2D eigenvalue weighted by Gasteiger charge is -2.03. The van der Waals surface area contributed by atoms with Crippen LogP contribution in [0.1, 0.15) is 11.3 Å². The standard InChI is InChI=1S/C23H18N8S/c1-13-7-9-15(10-8-13)27-28-19-21(24)29-31-18(11-12-25-22(19)31)20-14(2)30-17-6-4-3-5-16(17)26-23(30)32-20/h3-12H,1-2H3,(H2,24,29). The monoisotopic (exact) mass is 438 g/mol. The van der Waals surface area contributed by atoms with E-state index in [2.05, 4.69) is 37.7 Å². The summed E-state index contributed by atoms with van der Waals surface area (Å²) in [4.78, 5) is 11.2. The highest BCUT2D eigenvalue weighted by Crippen LogP contribution is 2.37. The first-order valence-corrected chi connectivity index (χ1v) is 10.9. The van der Waals surface area contributed by atoms with Crippen LogP contribution >= 0.6 is 11.3 Å². The molecule has 32 heavy (non-hydrogen) atoms. The molecule has 0 unspecified atom stereocenters. The first-order chi connectivity index (χ1) is 15.6. The molecular weight excluding hydrogens is 420 g/mol. The summed E-state index contributed by atoms with van der Waals surface area (Å²) in [6.45, 7) is 4.12. The third kappa shape index (κ3) is 2.78. The number of hydrogen-bond acceptors (Lipinski definition) is 7. The Morgan fingerprint density at radius 2 is 1.78 bits per heavy atom.